The maximum atomic E-state index is 12.0. The van der Waals surface area contributed by atoms with E-state index in [1.165, 1.54) is 12.8 Å². The summed E-state index contributed by atoms with van der Waals surface area (Å²) in [7, 11) is 2.12. The normalized spacial score (nSPS) is 11.1. The number of halogens is 1. The topological polar surface area (TPSA) is 58.4 Å². The van der Waals surface area contributed by atoms with Gasteiger partial charge in [-0.15, -0.1) is 0 Å². The maximum Gasteiger partial charge on any atom is 0.273 e. The first-order valence-electron chi connectivity index (χ1n) is 7.08. The number of carbonyl (C=O) groups is 1. The fourth-order valence-corrected chi connectivity index (χ4v) is 2.59. The van der Waals surface area contributed by atoms with Gasteiger partial charge in [-0.2, -0.15) is 0 Å². The Labute approximate surface area is 134 Å². The predicted molar refractivity (Wildman–Crippen MR) is 88.3 cm³/mol. The molecular weight excluding hydrogens is 369 g/mol. The van der Waals surface area contributed by atoms with Gasteiger partial charge in [-0.05, 0) is 39.9 Å². The summed E-state index contributed by atoms with van der Waals surface area (Å²) < 4.78 is 5.86. The standard InChI is InChI=1S/C14H24IN3O2/c1-4-5-8-18(3)9-6-7-16-14(19)13-11(2)12(10-15)20-17-13/h4-10H2,1-3H3,(H,16,19). The Morgan fingerprint density at radius 3 is 2.70 bits per heavy atom. The molecule has 0 aliphatic heterocycles. The molecule has 0 unspecified atom stereocenters. The second-order valence-corrected chi connectivity index (χ2v) is 5.74. The summed E-state index contributed by atoms with van der Waals surface area (Å²) in [6.45, 7) is 6.85. The molecule has 0 aromatic carbocycles. The summed E-state index contributed by atoms with van der Waals surface area (Å²) in [6.07, 6.45) is 3.38. The molecule has 0 aliphatic carbocycles. The highest BCUT2D eigenvalue weighted by atomic mass is 127. The van der Waals surface area contributed by atoms with E-state index in [1.54, 1.807) is 0 Å². The molecule has 0 saturated carbocycles. The van der Waals surface area contributed by atoms with Crippen LogP contribution >= 0.6 is 22.6 Å². The number of hydrogen-bond acceptors (Lipinski definition) is 4. The van der Waals surface area contributed by atoms with Crippen LogP contribution in [0.5, 0.6) is 0 Å². The van der Waals surface area contributed by atoms with Gasteiger partial charge in [0.1, 0.15) is 5.76 Å². The first kappa shape index (κ1) is 17.4. The van der Waals surface area contributed by atoms with Gasteiger partial charge in [0, 0.05) is 12.1 Å². The van der Waals surface area contributed by atoms with Gasteiger partial charge in [0.05, 0.1) is 4.43 Å². The van der Waals surface area contributed by atoms with Crippen molar-refractivity contribution in [3.8, 4) is 0 Å². The van der Waals surface area contributed by atoms with Crippen LogP contribution in [-0.2, 0) is 4.43 Å². The van der Waals surface area contributed by atoms with Crippen LogP contribution < -0.4 is 5.32 Å². The minimum Gasteiger partial charge on any atom is -0.359 e. The van der Waals surface area contributed by atoms with Crippen molar-refractivity contribution in [2.45, 2.75) is 37.5 Å². The van der Waals surface area contributed by atoms with Gasteiger partial charge < -0.3 is 14.7 Å². The van der Waals surface area contributed by atoms with Gasteiger partial charge in [0.25, 0.3) is 5.91 Å². The van der Waals surface area contributed by atoms with E-state index in [0.29, 0.717) is 12.2 Å². The average molecular weight is 393 g/mol. The third-order valence-corrected chi connectivity index (χ3v) is 3.95. The molecule has 0 bridgehead atoms. The number of rotatable bonds is 9. The van der Waals surface area contributed by atoms with E-state index in [4.69, 9.17) is 4.52 Å². The molecule has 0 atom stereocenters. The second kappa shape index (κ2) is 9.33. The van der Waals surface area contributed by atoms with Crippen LogP contribution in [0.15, 0.2) is 4.52 Å². The van der Waals surface area contributed by atoms with E-state index in [2.05, 4.69) is 51.9 Å². The third-order valence-electron chi connectivity index (χ3n) is 3.25. The summed E-state index contributed by atoms with van der Waals surface area (Å²) in [4.78, 5) is 14.3. The minimum absolute atomic E-state index is 0.140. The zero-order valence-corrected chi connectivity index (χ0v) is 14.7. The van der Waals surface area contributed by atoms with Crippen LogP contribution in [0.3, 0.4) is 0 Å². The lowest BCUT2D eigenvalue weighted by Gasteiger charge is -2.15. The first-order valence-corrected chi connectivity index (χ1v) is 8.60. The van der Waals surface area contributed by atoms with Gasteiger partial charge in [0.2, 0.25) is 0 Å². The summed E-state index contributed by atoms with van der Waals surface area (Å²) in [5.74, 6) is 0.633. The van der Waals surface area contributed by atoms with Crippen molar-refractivity contribution < 1.29 is 9.32 Å². The minimum atomic E-state index is -0.140. The van der Waals surface area contributed by atoms with Crippen LogP contribution in [0.25, 0.3) is 0 Å². The summed E-state index contributed by atoms with van der Waals surface area (Å²) in [6, 6.07) is 0. The lowest BCUT2D eigenvalue weighted by Crippen LogP contribution is -2.29. The Hall–Kier alpha value is -0.630. The van der Waals surface area contributed by atoms with Crippen LogP contribution in [0.2, 0.25) is 0 Å². The molecule has 1 aromatic rings. The van der Waals surface area contributed by atoms with Gasteiger partial charge in [-0.25, -0.2) is 0 Å². The van der Waals surface area contributed by atoms with Gasteiger partial charge >= 0.3 is 0 Å². The number of unbranched alkanes of at least 4 members (excludes halogenated alkanes) is 1. The quantitative estimate of drug-likeness (QED) is 0.398. The summed E-state index contributed by atoms with van der Waals surface area (Å²) in [5, 5.41) is 6.74. The molecule has 6 heteroatoms. The van der Waals surface area contributed by atoms with Crippen molar-refractivity contribution in [1.29, 1.82) is 0 Å². The van der Waals surface area contributed by atoms with E-state index < -0.39 is 0 Å². The Morgan fingerprint density at radius 2 is 2.10 bits per heavy atom. The number of alkyl halides is 1. The largest absolute Gasteiger partial charge is 0.359 e. The Balaban J connectivity index is 2.28. The number of nitrogens with zero attached hydrogens (tertiary/aromatic N) is 2. The second-order valence-electron chi connectivity index (χ2n) is 4.98. The number of amides is 1. The molecule has 1 aromatic heterocycles. The van der Waals surface area contributed by atoms with Crippen molar-refractivity contribution in [1.82, 2.24) is 15.4 Å². The summed E-state index contributed by atoms with van der Waals surface area (Å²) in [5.41, 5.74) is 1.26. The molecule has 114 valence electrons. The highest BCUT2D eigenvalue weighted by Crippen LogP contribution is 2.15. The molecule has 5 nitrogen and oxygen atoms in total. The zero-order chi connectivity index (χ0) is 15.0. The van der Waals surface area contributed by atoms with E-state index in [1.807, 2.05) is 6.92 Å². The van der Waals surface area contributed by atoms with Gasteiger partial charge in [0.15, 0.2) is 5.69 Å². The van der Waals surface area contributed by atoms with E-state index in [0.717, 1.165) is 35.3 Å². The SMILES string of the molecule is CCCCN(C)CCCNC(=O)c1noc(CI)c1C. The number of aromatic nitrogens is 1. The zero-order valence-electron chi connectivity index (χ0n) is 12.5. The predicted octanol–water partition coefficient (Wildman–Crippen LogP) is 2.77. The fourth-order valence-electron chi connectivity index (χ4n) is 1.88. The third kappa shape index (κ3) is 5.40. The van der Waals surface area contributed by atoms with Crippen molar-refractivity contribution in [2.24, 2.45) is 0 Å². The van der Waals surface area contributed by atoms with E-state index in [-0.39, 0.29) is 5.91 Å². The van der Waals surface area contributed by atoms with Crippen molar-refractivity contribution >= 4 is 28.5 Å². The monoisotopic (exact) mass is 393 g/mol. The van der Waals surface area contributed by atoms with Crippen LogP contribution in [0, 0.1) is 6.92 Å². The van der Waals surface area contributed by atoms with E-state index >= 15 is 0 Å². The molecule has 1 rings (SSSR count). The lowest BCUT2D eigenvalue weighted by atomic mass is 10.2. The molecule has 0 radical (unpaired) electrons. The van der Waals surface area contributed by atoms with Crippen LogP contribution in [-0.4, -0.2) is 42.6 Å². The Bertz CT molecular complexity index is 421. The van der Waals surface area contributed by atoms with Gasteiger partial charge in [-0.3, -0.25) is 4.79 Å². The molecule has 1 amide bonds. The molecule has 0 fully saturated rings. The Kier molecular flexibility index (Phi) is 8.13. The van der Waals surface area contributed by atoms with Crippen molar-refractivity contribution in [3.63, 3.8) is 0 Å². The molecule has 1 N–H and O–H groups in total. The molecule has 20 heavy (non-hydrogen) atoms. The molecular formula is C14H24IN3O2. The lowest BCUT2D eigenvalue weighted by molar-refractivity contribution is 0.0942. The smallest absolute Gasteiger partial charge is 0.273 e. The number of hydrogen-bond donors (Lipinski definition) is 1. The van der Waals surface area contributed by atoms with Crippen molar-refractivity contribution in [3.05, 3.63) is 17.0 Å². The molecule has 0 spiro atoms. The maximum absolute atomic E-state index is 12.0. The van der Waals surface area contributed by atoms with E-state index in [9.17, 15) is 4.79 Å². The highest BCUT2D eigenvalue weighted by molar-refractivity contribution is 14.1. The highest BCUT2D eigenvalue weighted by Gasteiger charge is 2.17. The van der Waals surface area contributed by atoms with Crippen molar-refractivity contribution in [2.75, 3.05) is 26.7 Å². The fraction of sp³-hybridized carbons (Fsp3) is 0.714. The van der Waals surface area contributed by atoms with Crippen LogP contribution in [0.1, 0.15) is 48.0 Å². The average Bonchev–Trinajstić information content (AvgIpc) is 2.82. The molecule has 1 heterocycles. The summed E-state index contributed by atoms with van der Waals surface area (Å²) >= 11 is 2.20. The number of carbonyl (C=O) groups excluding carboxylic acids is 1. The van der Waals surface area contributed by atoms with Gasteiger partial charge in [-0.1, -0.05) is 41.1 Å². The molecule has 0 aliphatic rings. The molecule has 0 saturated heterocycles. The Morgan fingerprint density at radius 1 is 1.40 bits per heavy atom. The van der Waals surface area contributed by atoms with Crippen LogP contribution in [0.4, 0.5) is 0 Å². The first-order chi connectivity index (χ1) is 9.60. The number of nitrogens with one attached hydrogen (secondary N) is 1.